The Morgan fingerprint density at radius 1 is 0.808 bits per heavy atom. The zero-order valence-electron chi connectivity index (χ0n) is 17.3. The van der Waals surface area contributed by atoms with Gasteiger partial charge in [0.05, 0.1) is 5.92 Å². The summed E-state index contributed by atoms with van der Waals surface area (Å²) in [6.45, 7) is 4.05. The summed E-state index contributed by atoms with van der Waals surface area (Å²) in [6.07, 6.45) is 19.9. The van der Waals surface area contributed by atoms with Gasteiger partial charge in [-0.05, 0) is 57.8 Å². The molecule has 3 aliphatic carbocycles. The van der Waals surface area contributed by atoms with E-state index in [4.69, 9.17) is 4.74 Å². The quantitative estimate of drug-likeness (QED) is 0.554. The Bertz CT molecular complexity index is 400. The van der Waals surface area contributed by atoms with Gasteiger partial charge in [0, 0.05) is 18.1 Å². The zero-order chi connectivity index (χ0) is 18.4. The minimum absolute atomic E-state index is 0.0207. The number of hydrogen-bond donors (Lipinski definition) is 0. The van der Waals surface area contributed by atoms with Crippen molar-refractivity contribution in [2.75, 3.05) is 0 Å². The van der Waals surface area contributed by atoms with Crippen LogP contribution in [-0.4, -0.2) is 35.1 Å². The van der Waals surface area contributed by atoms with E-state index in [0.29, 0.717) is 0 Å². The van der Waals surface area contributed by atoms with Crippen LogP contribution in [0.15, 0.2) is 0 Å². The van der Waals surface area contributed by atoms with Gasteiger partial charge in [-0.25, -0.2) is 0 Å². The van der Waals surface area contributed by atoms with Crippen molar-refractivity contribution in [1.29, 1.82) is 0 Å². The normalized spacial score (nSPS) is 30.3. The Hall–Kier alpha value is -0.570. The van der Waals surface area contributed by atoms with E-state index in [1.165, 1.54) is 77.0 Å². The van der Waals surface area contributed by atoms with Crippen molar-refractivity contribution in [3.8, 4) is 0 Å². The molecule has 0 aromatic carbocycles. The predicted octanol–water partition coefficient (Wildman–Crippen LogP) is 5.85. The number of ether oxygens (including phenoxy) is 1. The molecule has 0 aromatic heterocycles. The van der Waals surface area contributed by atoms with Crippen molar-refractivity contribution in [2.24, 2.45) is 5.92 Å². The summed E-state index contributed by atoms with van der Waals surface area (Å²) in [7, 11) is 0. The molecule has 0 aliphatic heterocycles. The number of nitrogens with zero attached hydrogens (tertiary/aromatic N) is 1. The minimum Gasteiger partial charge on any atom is -0.462 e. The van der Waals surface area contributed by atoms with Gasteiger partial charge in [-0.15, -0.1) is 0 Å². The van der Waals surface area contributed by atoms with E-state index < -0.39 is 0 Å². The number of carbonyl (C=O) groups excluding carboxylic acids is 1. The highest BCUT2D eigenvalue weighted by atomic mass is 16.5. The molecule has 3 rings (SSSR count). The van der Waals surface area contributed by atoms with Crippen LogP contribution in [0.2, 0.25) is 0 Å². The average molecular weight is 364 g/mol. The summed E-state index contributed by atoms with van der Waals surface area (Å²) in [4.78, 5) is 15.1. The summed E-state index contributed by atoms with van der Waals surface area (Å²) in [5, 5.41) is 0. The molecule has 1 atom stereocenters. The lowest BCUT2D eigenvalue weighted by Gasteiger charge is -2.48. The van der Waals surface area contributed by atoms with Gasteiger partial charge in [-0.1, -0.05) is 52.4 Å². The van der Waals surface area contributed by atoms with E-state index in [2.05, 4.69) is 11.8 Å². The van der Waals surface area contributed by atoms with Crippen LogP contribution >= 0.6 is 0 Å². The molecule has 0 amide bonds. The number of esters is 1. The second-order valence-corrected chi connectivity index (χ2v) is 9.21. The largest absolute Gasteiger partial charge is 0.462 e. The number of hydrogen-bond acceptors (Lipinski definition) is 3. The molecular weight excluding hydrogens is 322 g/mol. The Balaban J connectivity index is 1.56. The molecule has 0 spiro atoms. The van der Waals surface area contributed by atoms with E-state index in [1.54, 1.807) is 0 Å². The van der Waals surface area contributed by atoms with E-state index in [9.17, 15) is 4.79 Å². The molecule has 26 heavy (non-hydrogen) atoms. The van der Waals surface area contributed by atoms with Gasteiger partial charge in [-0.2, -0.15) is 0 Å². The summed E-state index contributed by atoms with van der Waals surface area (Å²) >= 11 is 0. The SMILES string of the molecule is CCC(C)C(=O)OC1CCC(N(C2CCCCC2)C2CCCCC2)CC1. The van der Waals surface area contributed by atoms with Crippen molar-refractivity contribution < 1.29 is 9.53 Å². The molecule has 0 saturated heterocycles. The summed E-state index contributed by atoms with van der Waals surface area (Å²) in [5.74, 6) is 0.0704. The molecule has 3 nitrogen and oxygen atoms in total. The van der Waals surface area contributed by atoms with Crippen LogP contribution in [0.1, 0.15) is 110 Å². The molecule has 3 aliphatic rings. The van der Waals surface area contributed by atoms with Crippen LogP contribution in [0, 0.1) is 5.92 Å². The van der Waals surface area contributed by atoms with Crippen molar-refractivity contribution in [3.63, 3.8) is 0 Å². The standard InChI is InChI=1S/C23H41NO2/c1-3-18(2)23(25)26-22-16-14-21(15-17-22)24(19-10-6-4-7-11-19)20-12-8-5-9-13-20/h18-22H,3-17H2,1-2H3. The Morgan fingerprint density at radius 2 is 1.27 bits per heavy atom. The third kappa shape index (κ3) is 5.24. The smallest absolute Gasteiger partial charge is 0.308 e. The Labute approximate surface area is 161 Å². The fraction of sp³-hybridized carbons (Fsp3) is 0.957. The monoisotopic (exact) mass is 363 g/mol. The molecule has 1 unspecified atom stereocenters. The highest BCUT2D eigenvalue weighted by Gasteiger charge is 2.36. The summed E-state index contributed by atoms with van der Waals surface area (Å²) in [6, 6.07) is 2.40. The first kappa shape index (κ1) is 20.2. The first-order valence-electron chi connectivity index (χ1n) is 11.7. The van der Waals surface area contributed by atoms with Gasteiger partial charge in [-0.3, -0.25) is 9.69 Å². The third-order valence-electron chi connectivity index (χ3n) is 7.36. The highest BCUT2D eigenvalue weighted by Crippen LogP contribution is 2.36. The first-order chi connectivity index (χ1) is 12.7. The van der Waals surface area contributed by atoms with Crippen LogP contribution < -0.4 is 0 Å². The van der Waals surface area contributed by atoms with Gasteiger partial charge in [0.25, 0.3) is 0 Å². The fourth-order valence-corrected chi connectivity index (χ4v) is 5.56. The van der Waals surface area contributed by atoms with Gasteiger partial charge in [0.2, 0.25) is 0 Å². The Morgan fingerprint density at radius 3 is 1.73 bits per heavy atom. The van der Waals surface area contributed by atoms with E-state index in [1.807, 2.05) is 6.92 Å². The van der Waals surface area contributed by atoms with Crippen LogP contribution in [0.5, 0.6) is 0 Å². The second-order valence-electron chi connectivity index (χ2n) is 9.21. The molecule has 0 N–H and O–H groups in total. The van der Waals surface area contributed by atoms with Gasteiger partial charge in [0.1, 0.15) is 6.10 Å². The molecular formula is C23H41NO2. The van der Waals surface area contributed by atoms with Crippen molar-refractivity contribution in [3.05, 3.63) is 0 Å². The van der Waals surface area contributed by atoms with E-state index in [-0.39, 0.29) is 18.0 Å². The minimum atomic E-state index is 0.0207. The molecule has 3 fully saturated rings. The van der Waals surface area contributed by atoms with Crippen LogP contribution in [0.25, 0.3) is 0 Å². The molecule has 0 aromatic rings. The van der Waals surface area contributed by atoms with Gasteiger partial charge >= 0.3 is 5.97 Å². The van der Waals surface area contributed by atoms with Gasteiger partial charge in [0.15, 0.2) is 0 Å². The van der Waals surface area contributed by atoms with E-state index in [0.717, 1.165) is 37.4 Å². The lowest BCUT2D eigenvalue weighted by molar-refractivity contribution is -0.156. The average Bonchev–Trinajstić information content (AvgIpc) is 2.70. The van der Waals surface area contributed by atoms with Crippen molar-refractivity contribution in [1.82, 2.24) is 4.90 Å². The predicted molar refractivity (Wildman–Crippen MR) is 107 cm³/mol. The van der Waals surface area contributed by atoms with Crippen molar-refractivity contribution in [2.45, 2.75) is 134 Å². The fourth-order valence-electron chi connectivity index (χ4n) is 5.56. The zero-order valence-corrected chi connectivity index (χ0v) is 17.3. The van der Waals surface area contributed by atoms with Crippen LogP contribution in [-0.2, 0) is 9.53 Å². The van der Waals surface area contributed by atoms with Crippen molar-refractivity contribution >= 4 is 5.97 Å². The lowest BCUT2D eigenvalue weighted by Crippen LogP contribution is -2.52. The topological polar surface area (TPSA) is 29.5 Å². The molecule has 3 saturated carbocycles. The number of rotatable bonds is 6. The highest BCUT2D eigenvalue weighted by molar-refractivity contribution is 5.72. The second kappa shape index (κ2) is 10.1. The summed E-state index contributed by atoms with van der Waals surface area (Å²) in [5.41, 5.74) is 0. The van der Waals surface area contributed by atoms with Gasteiger partial charge < -0.3 is 4.74 Å². The maximum absolute atomic E-state index is 12.1. The maximum Gasteiger partial charge on any atom is 0.308 e. The van der Waals surface area contributed by atoms with E-state index >= 15 is 0 Å². The molecule has 0 heterocycles. The number of carbonyl (C=O) groups is 1. The first-order valence-corrected chi connectivity index (χ1v) is 11.7. The van der Waals surface area contributed by atoms with Crippen LogP contribution in [0.4, 0.5) is 0 Å². The Kier molecular flexibility index (Phi) is 7.84. The molecule has 3 heteroatoms. The summed E-state index contributed by atoms with van der Waals surface area (Å²) < 4.78 is 5.81. The lowest BCUT2D eigenvalue weighted by atomic mass is 9.83. The molecule has 0 bridgehead atoms. The molecule has 0 radical (unpaired) electrons. The van der Waals surface area contributed by atoms with Crippen LogP contribution in [0.3, 0.4) is 0 Å². The molecule has 150 valence electrons. The maximum atomic E-state index is 12.1. The third-order valence-corrected chi connectivity index (χ3v) is 7.36.